The summed E-state index contributed by atoms with van der Waals surface area (Å²) in [6.45, 7) is 5.13. The van der Waals surface area contributed by atoms with Crippen LogP contribution < -0.4 is 0 Å². The summed E-state index contributed by atoms with van der Waals surface area (Å²) in [5.74, 6) is 8.28. The molecule has 6 unspecified atom stereocenters. The molecule has 0 amide bonds. The van der Waals surface area contributed by atoms with Crippen LogP contribution in [0.2, 0.25) is 0 Å². The van der Waals surface area contributed by atoms with E-state index in [1.54, 1.807) is 38.5 Å². The molecule has 0 N–H and O–H groups in total. The van der Waals surface area contributed by atoms with Gasteiger partial charge in [0, 0.05) is 0 Å². The van der Waals surface area contributed by atoms with Gasteiger partial charge >= 0.3 is 0 Å². The molecule has 0 aliphatic heterocycles. The van der Waals surface area contributed by atoms with Crippen LogP contribution in [0.25, 0.3) is 0 Å². The van der Waals surface area contributed by atoms with E-state index in [2.05, 4.69) is 13.8 Å². The zero-order valence-electron chi connectivity index (χ0n) is 22.8. The van der Waals surface area contributed by atoms with Gasteiger partial charge in [-0.2, -0.15) is 0 Å². The topological polar surface area (TPSA) is 0 Å². The molecule has 0 aromatic heterocycles. The van der Waals surface area contributed by atoms with Crippen LogP contribution in [0.4, 0.5) is 0 Å². The molecule has 6 aliphatic carbocycles. The van der Waals surface area contributed by atoms with Crippen molar-refractivity contribution in [2.75, 3.05) is 0 Å². The van der Waals surface area contributed by atoms with Crippen molar-refractivity contribution in [2.45, 2.75) is 142 Å². The lowest BCUT2D eigenvalue weighted by atomic mass is 9.64. The normalized spacial score (nSPS) is 40.1. The Morgan fingerprint density at radius 1 is 0.441 bits per heavy atom. The smallest absolute Gasteiger partial charge is 0.0169 e. The minimum absolute atomic E-state index is 0.965. The number of fused-ring (bicyclic) bond motifs is 2. The van der Waals surface area contributed by atoms with Crippen molar-refractivity contribution >= 4 is 0 Å². The predicted octanol–water partition coefficient (Wildman–Crippen LogP) is 10.4. The molecule has 0 heterocycles. The van der Waals surface area contributed by atoms with E-state index >= 15 is 0 Å². The van der Waals surface area contributed by atoms with E-state index < -0.39 is 0 Å². The maximum Gasteiger partial charge on any atom is -0.0169 e. The molecule has 0 nitrogen and oxygen atoms in total. The van der Waals surface area contributed by atoms with E-state index in [9.17, 15) is 0 Å². The summed E-state index contributed by atoms with van der Waals surface area (Å²) in [6, 6.07) is 0. The molecule has 6 rings (SSSR count). The highest BCUT2D eigenvalue weighted by molar-refractivity contribution is 5.29. The van der Waals surface area contributed by atoms with Gasteiger partial charge in [-0.15, -0.1) is 0 Å². The van der Waals surface area contributed by atoms with Crippen molar-refractivity contribution in [3.05, 3.63) is 22.3 Å². The Kier molecular flexibility index (Phi) is 7.34. The third kappa shape index (κ3) is 4.52. The molecule has 0 heteroatoms. The number of hydrogen-bond acceptors (Lipinski definition) is 0. The standard InChI is InChI=1S/C34H54/c1-23-27(21-33-29(23)15-9-17-31(33)25-11-5-3-6-12-25)19-20-28-22-34-30(24(28)2)16-10-18-32(34)26-13-7-4-8-14-26/h25-26,29-34H,3-22H2,1-2H3. The Balaban J connectivity index is 1.10. The molecule has 4 saturated carbocycles. The van der Waals surface area contributed by atoms with E-state index in [4.69, 9.17) is 0 Å². The van der Waals surface area contributed by atoms with Gasteiger partial charge in [0.15, 0.2) is 0 Å². The molecular formula is C34H54. The average molecular weight is 463 g/mol. The molecule has 0 aromatic carbocycles. The van der Waals surface area contributed by atoms with Crippen LogP contribution in [0, 0.1) is 47.3 Å². The Morgan fingerprint density at radius 3 is 1.26 bits per heavy atom. The fourth-order valence-electron chi connectivity index (χ4n) is 10.9. The molecular weight excluding hydrogens is 408 g/mol. The summed E-state index contributed by atoms with van der Waals surface area (Å²) in [4.78, 5) is 0. The van der Waals surface area contributed by atoms with Crippen LogP contribution in [-0.4, -0.2) is 0 Å². The monoisotopic (exact) mass is 462 g/mol. The summed E-state index contributed by atoms with van der Waals surface area (Å²) in [6.07, 6.45) is 30.3. The predicted molar refractivity (Wildman–Crippen MR) is 146 cm³/mol. The fourth-order valence-corrected chi connectivity index (χ4v) is 10.9. The molecule has 190 valence electrons. The lowest BCUT2D eigenvalue weighted by molar-refractivity contribution is 0.104. The lowest BCUT2D eigenvalue weighted by Crippen LogP contribution is -2.32. The minimum Gasteiger partial charge on any atom is -0.0707 e. The van der Waals surface area contributed by atoms with Gasteiger partial charge in [0.25, 0.3) is 0 Å². The second-order valence-electron chi connectivity index (χ2n) is 14.0. The highest BCUT2D eigenvalue weighted by atomic mass is 14.5. The molecule has 0 aromatic rings. The molecule has 6 atom stereocenters. The van der Waals surface area contributed by atoms with Crippen LogP contribution in [-0.2, 0) is 0 Å². The van der Waals surface area contributed by atoms with Gasteiger partial charge in [0.1, 0.15) is 0 Å². The Hall–Kier alpha value is -0.520. The van der Waals surface area contributed by atoms with Gasteiger partial charge in [-0.1, -0.05) is 99.3 Å². The van der Waals surface area contributed by atoms with Crippen molar-refractivity contribution < 1.29 is 0 Å². The van der Waals surface area contributed by atoms with Crippen molar-refractivity contribution in [1.29, 1.82) is 0 Å². The maximum absolute atomic E-state index is 2.57. The second-order valence-corrected chi connectivity index (χ2v) is 14.0. The lowest BCUT2D eigenvalue weighted by Gasteiger charge is -2.41. The van der Waals surface area contributed by atoms with Crippen LogP contribution in [0.1, 0.15) is 142 Å². The van der Waals surface area contributed by atoms with Gasteiger partial charge in [-0.05, 0) is 113 Å². The van der Waals surface area contributed by atoms with Gasteiger partial charge in [0.2, 0.25) is 0 Å². The molecule has 6 aliphatic rings. The highest BCUT2D eigenvalue weighted by Crippen LogP contribution is 2.56. The first kappa shape index (κ1) is 23.9. The zero-order chi connectivity index (χ0) is 23.1. The fraction of sp³-hybridized carbons (Fsp3) is 0.882. The summed E-state index contributed by atoms with van der Waals surface area (Å²) >= 11 is 0. The van der Waals surface area contributed by atoms with Crippen molar-refractivity contribution in [3.8, 4) is 0 Å². The maximum atomic E-state index is 2.57. The summed E-state index contributed by atoms with van der Waals surface area (Å²) in [5.41, 5.74) is 7.60. The summed E-state index contributed by atoms with van der Waals surface area (Å²) < 4.78 is 0. The van der Waals surface area contributed by atoms with Crippen LogP contribution >= 0.6 is 0 Å². The molecule has 4 fully saturated rings. The SMILES string of the molecule is CC1=C(CCC2=C(C)C3CCCC(C4CCCCC4)C3C2)CC2C1CCCC2C1CCCCC1. The Bertz CT molecular complexity index is 704. The van der Waals surface area contributed by atoms with Gasteiger partial charge < -0.3 is 0 Å². The van der Waals surface area contributed by atoms with Gasteiger partial charge in [-0.3, -0.25) is 0 Å². The van der Waals surface area contributed by atoms with E-state index in [0.29, 0.717) is 0 Å². The van der Waals surface area contributed by atoms with E-state index in [1.165, 1.54) is 89.9 Å². The van der Waals surface area contributed by atoms with Crippen molar-refractivity contribution in [2.24, 2.45) is 47.3 Å². The first-order valence-corrected chi connectivity index (χ1v) is 16.1. The van der Waals surface area contributed by atoms with Crippen molar-refractivity contribution in [1.82, 2.24) is 0 Å². The van der Waals surface area contributed by atoms with E-state index in [1.807, 2.05) is 22.3 Å². The first-order chi connectivity index (χ1) is 16.7. The molecule has 34 heavy (non-hydrogen) atoms. The molecule has 0 spiro atoms. The van der Waals surface area contributed by atoms with Crippen LogP contribution in [0.15, 0.2) is 22.3 Å². The number of hydrogen-bond donors (Lipinski definition) is 0. The molecule has 0 saturated heterocycles. The third-order valence-corrected chi connectivity index (χ3v) is 12.7. The first-order valence-electron chi connectivity index (χ1n) is 16.1. The van der Waals surface area contributed by atoms with E-state index in [-0.39, 0.29) is 0 Å². The van der Waals surface area contributed by atoms with Crippen LogP contribution in [0.5, 0.6) is 0 Å². The second kappa shape index (κ2) is 10.5. The van der Waals surface area contributed by atoms with Crippen molar-refractivity contribution in [3.63, 3.8) is 0 Å². The highest BCUT2D eigenvalue weighted by Gasteiger charge is 2.44. The quantitative estimate of drug-likeness (QED) is 0.356. The largest absolute Gasteiger partial charge is 0.0707 e. The number of rotatable bonds is 5. The average Bonchev–Trinajstić information content (AvgIpc) is 3.40. The minimum atomic E-state index is 0.965. The Labute approximate surface area is 211 Å². The summed E-state index contributed by atoms with van der Waals surface area (Å²) in [7, 11) is 0. The third-order valence-electron chi connectivity index (χ3n) is 12.7. The van der Waals surface area contributed by atoms with Gasteiger partial charge in [0.05, 0.1) is 0 Å². The van der Waals surface area contributed by atoms with E-state index in [0.717, 1.165) is 47.3 Å². The number of allylic oxidation sites excluding steroid dienone is 4. The van der Waals surface area contributed by atoms with Crippen LogP contribution in [0.3, 0.4) is 0 Å². The Morgan fingerprint density at radius 2 is 0.853 bits per heavy atom. The zero-order valence-corrected chi connectivity index (χ0v) is 22.8. The molecule has 0 radical (unpaired) electrons. The molecule has 0 bridgehead atoms. The summed E-state index contributed by atoms with van der Waals surface area (Å²) in [5, 5.41) is 0. The van der Waals surface area contributed by atoms with Gasteiger partial charge in [-0.25, -0.2) is 0 Å².